The zero-order valence-electron chi connectivity index (χ0n) is 14.1. The van der Waals surface area contributed by atoms with Crippen LogP contribution in [0.2, 0.25) is 0 Å². The Kier molecular flexibility index (Phi) is 6.28. The van der Waals surface area contributed by atoms with Crippen LogP contribution >= 0.6 is 11.8 Å². The van der Waals surface area contributed by atoms with Crippen LogP contribution in [0, 0.1) is 11.3 Å². The lowest BCUT2D eigenvalue weighted by Gasteiger charge is -2.32. The molecule has 4 unspecified atom stereocenters. The molecule has 2 saturated carbocycles. The van der Waals surface area contributed by atoms with Gasteiger partial charge in [0.15, 0.2) is 0 Å². The molecule has 0 aromatic carbocycles. The van der Waals surface area contributed by atoms with Crippen LogP contribution < -0.4 is 5.32 Å². The highest BCUT2D eigenvalue weighted by Gasteiger charge is 2.29. The van der Waals surface area contributed by atoms with E-state index in [0.717, 1.165) is 23.3 Å². The molecule has 0 heterocycles. The predicted molar refractivity (Wildman–Crippen MR) is 92.5 cm³/mol. The van der Waals surface area contributed by atoms with Crippen LogP contribution in [0.15, 0.2) is 0 Å². The van der Waals surface area contributed by atoms with Gasteiger partial charge in [0.25, 0.3) is 0 Å². The molecule has 0 amide bonds. The van der Waals surface area contributed by atoms with E-state index < -0.39 is 0 Å². The second kappa shape index (κ2) is 7.54. The van der Waals surface area contributed by atoms with Crippen LogP contribution in [-0.4, -0.2) is 23.6 Å². The van der Waals surface area contributed by atoms with Crippen molar-refractivity contribution < 1.29 is 0 Å². The first-order valence-electron chi connectivity index (χ1n) is 8.78. The van der Waals surface area contributed by atoms with E-state index in [-0.39, 0.29) is 0 Å². The highest BCUT2D eigenvalue weighted by molar-refractivity contribution is 7.99. The molecule has 2 rings (SSSR count). The SMILES string of the molecule is CSC1CCCC(NC2CCCC(C(C)(C)C)CC2)C1. The van der Waals surface area contributed by atoms with Gasteiger partial charge in [-0.25, -0.2) is 0 Å². The third-order valence-corrected chi connectivity index (χ3v) is 6.72. The number of hydrogen-bond donors (Lipinski definition) is 1. The van der Waals surface area contributed by atoms with Crippen molar-refractivity contribution in [2.24, 2.45) is 11.3 Å². The van der Waals surface area contributed by atoms with Crippen LogP contribution in [0.3, 0.4) is 0 Å². The molecule has 1 nitrogen and oxygen atoms in total. The summed E-state index contributed by atoms with van der Waals surface area (Å²) >= 11 is 2.08. The fraction of sp³-hybridized carbons (Fsp3) is 1.00. The van der Waals surface area contributed by atoms with Gasteiger partial charge in [0.1, 0.15) is 0 Å². The van der Waals surface area contributed by atoms with Gasteiger partial charge in [-0.3, -0.25) is 0 Å². The Morgan fingerprint density at radius 3 is 2.25 bits per heavy atom. The molecule has 0 aromatic rings. The van der Waals surface area contributed by atoms with E-state index in [2.05, 4.69) is 44.1 Å². The van der Waals surface area contributed by atoms with Crippen LogP contribution in [-0.2, 0) is 0 Å². The first kappa shape index (κ1) is 16.7. The third kappa shape index (κ3) is 4.94. The van der Waals surface area contributed by atoms with Gasteiger partial charge in [-0.2, -0.15) is 11.8 Å². The molecular formula is C18H35NS. The first-order valence-corrected chi connectivity index (χ1v) is 10.1. The van der Waals surface area contributed by atoms with Crippen molar-refractivity contribution in [3.63, 3.8) is 0 Å². The Balaban J connectivity index is 1.79. The lowest BCUT2D eigenvalue weighted by atomic mass is 9.76. The van der Waals surface area contributed by atoms with Gasteiger partial charge in [-0.05, 0) is 62.5 Å². The van der Waals surface area contributed by atoms with E-state index in [9.17, 15) is 0 Å². The maximum atomic E-state index is 4.02. The summed E-state index contributed by atoms with van der Waals surface area (Å²) in [5.74, 6) is 0.930. The van der Waals surface area contributed by atoms with E-state index in [1.54, 1.807) is 0 Å². The number of nitrogens with one attached hydrogen (secondary N) is 1. The molecule has 1 N–H and O–H groups in total. The second-order valence-electron chi connectivity index (χ2n) is 8.16. The van der Waals surface area contributed by atoms with Gasteiger partial charge in [-0.1, -0.05) is 33.6 Å². The molecule has 0 aliphatic heterocycles. The van der Waals surface area contributed by atoms with Gasteiger partial charge in [0.05, 0.1) is 0 Å². The number of hydrogen-bond acceptors (Lipinski definition) is 2. The van der Waals surface area contributed by atoms with Gasteiger partial charge < -0.3 is 5.32 Å². The molecule has 0 aromatic heterocycles. The van der Waals surface area contributed by atoms with E-state index in [1.165, 1.54) is 57.8 Å². The molecule has 0 radical (unpaired) electrons. The van der Waals surface area contributed by atoms with E-state index in [0.29, 0.717) is 5.41 Å². The largest absolute Gasteiger partial charge is 0.311 e. The van der Waals surface area contributed by atoms with Crippen LogP contribution in [0.25, 0.3) is 0 Å². The molecule has 0 spiro atoms. The number of rotatable bonds is 3. The van der Waals surface area contributed by atoms with E-state index in [1.807, 2.05) is 0 Å². The molecule has 118 valence electrons. The normalized spacial score (nSPS) is 36.6. The summed E-state index contributed by atoms with van der Waals surface area (Å²) in [6.07, 6.45) is 15.1. The zero-order chi connectivity index (χ0) is 14.6. The summed E-state index contributed by atoms with van der Waals surface area (Å²) in [6, 6.07) is 1.60. The van der Waals surface area contributed by atoms with Crippen molar-refractivity contribution in [2.45, 2.75) is 95.9 Å². The fourth-order valence-electron chi connectivity index (χ4n) is 4.18. The summed E-state index contributed by atoms with van der Waals surface area (Å²) in [5.41, 5.74) is 0.504. The standard InChI is InChI=1S/C18H35NS/c1-18(2,3)14-7-5-8-15(12-11-14)19-16-9-6-10-17(13-16)20-4/h14-17,19H,5-13H2,1-4H3. The van der Waals surface area contributed by atoms with Gasteiger partial charge >= 0.3 is 0 Å². The Bertz CT molecular complexity index is 284. The molecule has 0 saturated heterocycles. The Morgan fingerprint density at radius 1 is 0.850 bits per heavy atom. The van der Waals surface area contributed by atoms with Gasteiger partial charge in [0.2, 0.25) is 0 Å². The molecule has 2 aliphatic rings. The van der Waals surface area contributed by atoms with Crippen LogP contribution in [0.4, 0.5) is 0 Å². The quantitative estimate of drug-likeness (QED) is 0.714. The van der Waals surface area contributed by atoms with Gasteiger partial charge in [0, 0.05) is 17.3 Å². The van der Waals surface area contributed by atoms with Crippen molar-refractivity contribution >= 4 is 11.8 Å². The molecule has 2 fully saturated rings. The van der Waals surface area contributed by atoms with Crippen LogP contribution in [0.5, 0.6) is 0 Å². The minimum absolute atomic E-state index is 0.504. The fourth-order valence-corrected chi connectivity index (χ4v) is 5.01. The minimum Gasteiger partial charge on any atom is -0.311 e. The molecular weight excluding hydrogens is 262 g/mol. The summed E-state index contributed by atoms with van der Waals surface area (Å²) < 4.78 is 0. The summed E-state index contributed by atoms with van der Waals surface area (Å²) in [6.45, 7) is 7.28. The van der Waals surface area contributed by atoms with E-state index in [4.69, 9.17) is 0 Å². The molecule has 0 bridgehead atoms. The van der Waals surface area contributed by atoms with Crippen molar-refractivity contribution in [3.05, 3.63) is 0 Å². The average molecular weight is 298 g/mol. The van der Waals surface area contributed by atoms with Crippen molar-refractivity contribution in [1.29, 1.82) is 0 Å². The maximum absolute atomic E-state index is 4.02. The Hall–Kier alpha value is 0.310. The lowest BCUT2D eigenvalue weighted by Crippen LogP contribution is -2.41. The second-order valence-corrected chi connectivity index (χ2v) is 9.29. The lowest BCUT2D eigenvalue weighted by molar-refractivity contribution is 0.212. The zero-order valence-corrected chi connectivity index (χ0v) is 14.9. The average Bonchev–Trinajstić information content (AvgIpc) is 2.64. The van der Waals surface area contributed by atoms with Crippen molar-refractivity contribution in [2.75, 3.05) is 6.26 Å². The number of thioether (sulfide) groups is 1. The third-order valence-electron chi connectivity index (χ3n) is 5.62. The van der Waals surface area contributed by atoms with E-state index >= 15 is 0 Å². The smallest absolute Gasteiger partial charge is 0.00801 e. The Labute approximate surface area is 131 Å². The molecule has 2 aliphatic carbocycles. The topological polar surface area (TPSA) is 12.0 Å². The molecule has 4 atom stereocenters. The highest BCUT2D eigenvalue weighted by Crippen LogP contribution is 2.37. The molecule has 2 heteroatoms. The maximum Gasteiger partial charge on any atom is 0.00801 e. The van der Waals surface area contributed by atoms with Gasteiger partial charge in [-0.15, -0.1) is 0 Å². The monoisotopic (exact) mass is 297 g/mol. The highest BCUT2D eigenvalue weighted by atomic mass is 32.2. The predicted octanol–water partition coefficient (Wildman–Crippen LogP) is 5.25. The summed E-state index contributed by atoms with van der Waals surface area (Å²) in [7, 11) is 0. The van der Waals surface area contributed by atoms with Crippen molar-refractivity contribution in [1.82, 2.24) is 5.32 Å². The Morgan fingerprint density at radius 2 is 1.55 bits per heavy atom. The summed E-state index contributed by atoms with van der Waals surface area (Å²) in [5, 5.41) is 4.93. The minimum atomic E-state index is 0.504. The van der Waals surface area contributed by atoms with Crippen molar-refractivity contribution in [3.8, 4) is 0 Å². The summed E-state index contributed by atoms with van der Waals surface area (Å²) in [4.78, 5) is 0. The van der Waals surface area contributed by atoms with Crippen LogP contribution in [0.1, 0.15) is 78.6 Å². The molecule has 20 heavy (non-hydrogen) atoms. The first-order chi connectivity index (χ1) is 9.49.